The molecule has 7 nitrogen and oxygen atoms in total. The molecular weight excluding hydrogens is 334 g/mol. The Morgan fingerprint density at radius 3 is 2.54 bits per heavy atom. The maximum atomic E-state index is 12.4. The molecule has 0 bridgehead atoms. The first-order valence-electron chi connectivity index (χ1n) is 8.61. The van der Waals surface area contributed by atoms with E-state index in [0.717, 1.165) is 5.56 Å². The van der Waals surface area contributed by atoms with Crippen LogP contribution in [0.3, 0.4) is 0 Å². The molecule has 0 spiro atoms. The molecule has 0 radical (unpaired) electrons. The zero-order valence-corrected chi connectivity index (χ0v) is 16.1. The van der Waals surface area contributed by atoms with Crippen molar-refractivity contribution < 1.29 is 18.8 Å². The Labute approximate surface area is 154 Å². The standard InChI is InChI=1S/C19H27N3O4/c1-14-20-17(26-21-14)13-24-12-16(11-15-9-7-6-8-10-15)22(5)18(23)25-19(2,3)4/h6-10,16H,11-13H2,1-5H3. The number of carbonyl (C=O) groups excluding carboxylic acids is 1. The lowest BCUT2D eigenvalue weighted by molar-refractivity contribution is 0.00375. The molecule has 0 saturated carbocycles. The fourth-order valence-electron chi connectivity index (χ4n) is 2.36. The van der Waals surface area contributed by atoms with E-state index < -0.39 is 5.60 Å². The molecule has 1 unspecified atom stereocenters. The average Bonchev–Trinajstić information content (AvgIpc) is 2.98. The lowest BCUT2D eigenvalue weighted by Gasteiger charge is -2.30. The van der Waals surface area contributed by atoms with Crippen LogP contribution in [0.15, 0.2) is 34.9 Å². The topological polar surface area (TPSA) is 77.7 Å². The van der Waals surface area contributed by atoms with E-state index in [1.165, 1.54) is 0 Å². The van der Waals surface area contributed by atoms with E-state index >= 15 is 0 Å². The summed E-state index contributed by atoms with van der Waals surface area (Å²) in [6, 6.07) is 9.78. The van der Waals surface area contributed by atoms with Crippen LogP contribution in [0.1, 0.15) is 38.0 Å². The number of amides is 1. The summed E-state index contributed by atoms with van der Waals surface area (Å²) < 4.78 is 16.2. The minimum absolute atomic E-state index is 0.184. The van der Waals surface area contributed by atoms with Crippen molar-refractivity contribution in [1.82, 2.24) is 15.0 Å². The molecule has 142 valence electrons. The van der Waals surface area contributed by atoms with Gasteiger partial charge in [0, 0.05) is 7.05 Å². The SMILES string of the molecule is Cc1noc(COCC(Cc2ccccc2)N(C)C(=O)OC(C)(C)C)n1. The molecule has 0 N–H and O–H groups in total. The second kappa shape index (κ2) is 8.80. The van der Waals surface area contributed by atoms with Gasteiger partial charge >= 0.3 is 6.09 Å². The summed E-state index contributed by atoms with van der Waals surface area (Å²) in [5, 5.41) is 3.74. The van der Waals surface area contributed by atoms with E-state index in [2.05, 4.69) is 10.1 Å². The maximum absolute atomic E-state index is 12.4. The molecule has 0 fully saturated rings. The molecule has 1 aromatic heterocycles. The highest BCUT2D eigenvalue weighted by Crippen LogP contribution is 2.14. The van der Waals surface area contributed by atoms with Gasteiger partial charge in [0.25, 0.3) is 5.89 Å². The number of rotatable bonds is 7. The molecule has 2 aromatic rings. The fourth-order valence-corrected chi connectivity index (χ4v) is 2.36. The van der Waals surface area contributed by atoms with Crippen molar-refractivity contribution in [1.29, 1.82) is 0 Å². The van der Waals surface area contributed by atoms with E-state index in [1.54, 1.807) is 18.9 Å². The number of hydrogen-bond acceptors (Lipinski definition) is 6. The van der Waals surface area contributed by atoms with Crippen LogP contribution in [0, 0.1) is 6.92 Å². The Hall–Kier alpha value is -2.41. The predicted molar refractivity (Wildman–Crippen MR) is 96.6 cm³/mol. The van der Waals surface area contributed by atoms with Crippen LogP contribution in [-0.2, 0) is 22.5 Å². The van der Waals surface area contributed by atoms with Crippen LogP contribution in [0.5, 0.6) is 0 Å². The molecule has 26 heavy (non-hydrogen) atoms. The highest BCUT2D eigenvalue weighted by Gasteiger charge is 2.26. The summed E-state index contributed by atoms with van der Waals surface area (Å²) in [5.74, 6) is 0.983. The van der Waals surface area contributed by atoms with E-state index in [9.17, 15) is 4.79 Å². The quantitative estimate of drug-likeness (QED) is 0.752. The van der Waals surface area contributed by atoms with Crippen molar-refractivity contribution in [3.63, 3.8) is 0 Å². The molecule has 7 heteroatoms. The van der Waals surface area contributed by atoms with Crippen molar-refractivity contribution in [3.05, 3.63) is 47.6 Å². The molecule has 1 amide bonds. The minimum atomic E-state index is -0.551. The van der Waals surface area contributed by atoms with Gasteiger partial charge in [-0.15, -0.1) is 0 Å². The Bertz CT molecular complexity index is 694. The van der Waals surface area contributed by atoms with Crippen LogP contribution >= 0.6 is 0 Å². The number of hydrogen-bond donors (Lipinski definition) is 0. The van der Waals surface area contributed by atoms with Gasteiger partial charge in [-0.3, -0.25) is 0 Å². The number of aromatic nitrogens is 2. The van der Waals surface area contributed by atoms with Gasteiger partial charge < -0.3 is 18.9 Å². The molecular formula is C19H27N3O4. The molecule has 2 rings (SSSR count). The highest BCUT2D eigenvalue weighted by molar-refractivity contribution is 5.68. The smallest absolute Gasteiger partial charge is 0.410 e. The van der Waals surface area contributed by atoms with Gasteiger partial charge in [-0.2, -0.15) is 4.98 Å². The number of benzene rings is 1. The van der Waals surface area contributed by atoms with Crippen molar-refractivity contribution in [2.75, 3.05) is 13.7 Å². The highest BCUT2D eigenvalue weighted by atomic mass is 16.6. The Kier molecular flexibility index (Phi) is 6.74. The molecule has 0 aliphatic heterocycles. The van der Waals surface area contributed by atoms with Crippen LogP contribution in [0.4, 0.5) is 4.79 Å². The van der Waals surface area contributed by atoms with Crippen molar-refractivity contribution >= 4 is 6.09 Å². The van der Waals surface area contributed by atoms with Crippen LogP contribution in [-0.4, -0.2) is 46.4 Å². The first kappa shape index (κ1) is 19.9. The van der Waals surface area contributed by atoms with Gasteiger partial charge in [-0.05, 0) is 39.7 Å². The van der Waals surface area contributed by atoms with Gasteiger partial charge in [0.1, 0.15) is 12.2 Å². The number of ether oxygens (including phenoxy) is 2. The second-order valence-corrected chi connectivity index (χ2v) is 7.19. The van der Waals surface area contributed by atoms with Gasteiger partial charge in [0.05, 0.1) is 12.6 Å². The van der Waals surface area contributed by atoms with E-state index in [-0.39, 0.29) is 18.7 Å². The van der Waals surface area contributed by atoms with E-state index in [1.807, 2.05) is 51.1 Å². The van der Waals surface area contributed by atoms with Crippen LogP contribution in [0.25, 0.3) is 0 Å². The first-order valence-corrected chi connectivity index (χ1v) is 8.61. The Balaban J connectivity index is 2.01. The third-order valence-corrected chi connectivity index (χ3v) is 3.65. The van der Waals surface area contributed by atoms with E-state index in [4.69, 9.17) is 14.0 Å². The normalized spacial score (nSPS) is 12.7. The predicted octanol–water partition coefficient (Wildman–Crippen LogP) is 3.37. The molecule has 1 heterocycles. The van der Waals surface area contributed by atoms with Crippen molar-refractivity contribution in [2.45, 2.75) is 52.4 Å². The van der Waals surface area contributed by atoms with Gasteiger partial charge in [-0.1, -0.05) is 35.5 Å². The largest absolute Gasteiger partial charge is 0.444 e. The number of aryl methyl sites for hydroxylation is 1. The fraction of sp³-hybridized carbons (Fsp3) is 0.526. The summed E-state index contributed by atoms with van der Waals surface area (Å²) in [6.07, 6.45) is 0.273. The van der Waals surface area contributed by atoms with Crippen molar-refractivity contribution in [2.24, 2.45) is 0 Å². The zero-order chi connectivity index (χ0) is 19.2. The summed E-state index contributed by atoms with van der Waals surface area (Å²) in [5.41, 5.74) is 0.565. The van der Waals surface area contributed by atoms with Crippen LogP contribution in [0.2, 0.25) is 0 Å². The lowest BCUT2D eigenvalue weighted by atomic mass is 10.1. The molecule has 1 atom stereocenters. The lowest BCUT2D eigenvalue weighted by Crippen LogP contribution is -2.44. The second-order valence-electron chi connectivity index (χ2n) is 7.19. The Morgan fingerprint density at radius 2 is 1.96 bits per heavy atom. The average molecular weight is 361 g/mol. The van der Waals surface area contributed by atoms with Gasteiger partial charge in [-0.25, -0.2) is 4.79 Å². The molecule has 0 aliphatic rings. The summed E-state index contributed by atoms with van der Waals surface area (Å²) in [7, 11) is 1.72. The third-order valence-electron chi connectivity index (χ3n) is 3.65. The van der Waals surface area contributed by atoms with E-state index in [0.29, 0.717) is 24.7 Å². The summed E-state index contributed by atoms with van der Waals surface area (Å²) in [6.45, 7) is 7.82. The maximum Gasteiger partial charge on any atom is 0.410 e. The molecule has 0 aliphatic carbocycles. The van der Waals surface area contributed by atoms with Gasteiger partial charge in [0.2, 0.25) is 0 Å². The molecule has 1 aromatic carbocycles. The van der Waals surface area contributed by atoms with Crippen LogP contribution < -0.4 is 0 Å². The minimum Gasteiger partial charge on any atom is -0.444 e. The van der Waals surface area contributed by atoms with Crippen molar-refractivity contribution in [3.8, 4) is 0 Å². The summed E-state index contributed by atoms with van der Waals surface area (Å²) in [4.78, 5) is 18.1. The third kappa shape index (κ3) is 6.48. The number of carbonyl (C=O) groups is 1. The molecule has 0 saturated heterocycles. The monoisotopic (exact) mass is 361 g/mol. The summed E-state index contributed by atoms with van der Waals surface area (Å²) >= 11 is 0. The number of nitrogens with zero attached hydrogens (tertiary/aromatic N) is 3. The Morgan fingerprint density at radius 1 is 1.27 bits per heavy atom. The zero-order valence-electron chi connectivity index (χ0n) is 16.1. The van der Waals surface area contributed by atoms with Gasteiger partial charge in [0.15, 0.2) is 5.82 Å². The number of likely N-dealkylation sites (N-methyl/N-ethyl adjacent to an activating group) is 1. The first-order chi connectivity index (χ1) is 12.2.